The number of hydroxylamine groups is 1. The van der Waals surface area contributed by atoms with Crippen molar-refractivity contribution < 1.29 is 28.6 Å². The minimum atomic E-state index is -1.12. The molecular formula is C30H41F2N3O4. The molecule has 214 valence electrons. The summed E-state index contributed by atoms with van der Waals surface area (Å²) in [5, 5.41) is 26.3. The summed E-state index contributed by atoms with van der Waals surface area (Å²) >= 11 is 0. The molecular weight excluding hydrogens is 504 g/mol. The van der Waals surface area contributed by atoms with E-state index in [2.05, 4.69) is 55.1 Å². The first-order valence-electron chi connectivity index (χ1n) is 13.4. The van der Waals surface area contributed by atoms with Gasteiger partial charge in [0.05, 0.1) is 25.2 Å². The Balaban J connectivity index is 1.86. The number of hydrogen-bond donors (Lipinski definition) is 5. The largest absolute Gasteiger partial charge is 0.394 e. The second-order valence-electron chi connectivity index (χ2n) is 11.2. The van der Waals surface area contributed by atoms with Crippen LogP contribution in [0.15, 0.2) is 54.2 Å². The van der Waals surface area contributed by atoms with E-state index in [1.807, 2.05) is 12.1 Å². The molecule has 5 N–H and O–H groups in total. The van der Waals surface area contributed by atoms with Gasteiger partial charge in [0.1, 0.15) is 11.6 Å². The molecule has 0 heterocycles. The van der Waals surface area contributed by atoms with Crippen molar-refractivity contribution in [3.63, 3.8) is 0 Å². The minimum absolute atomic E-state index is 0.0140. The van der Waals surface area contributed by atoms with Crippen molar-refractivity contribution in [1.29, 1.82) is 0 Å². The van der Waals surface area contributed by atoms with Gasteiger partial charge in [0.15, 0.2) is 0 Å². The number of allylic oxidation sites excluding steroid dienone is 1. The average molecular weight is 546 g/mol. The van der Waals surface area contributed by atoms with E-state index < -0.39 is 35.1 Å². The Morgan fingerprint density at radius 3 is 2.46 bits per heavy atom. The molecule has 7 nitrogen and oxygen atoms in total. The van der Waals surface area contributed by atoms with Gasteiger partial charge in [-0.15, -0.1) is 0 Å². The average Bonchev–Trinajstić information content (AvgIpc) is 2.90. The van der Waals surface area contributed by atoms with Crippen LogP contribution in [-0.2, 0) is 27.0 Å². The van der Waals surface area contributed by atoms with Gasteiger partial charge >= 0.3 is 0 Å². The number of carbonyl (C=O) groups is 1. The van der Waals surface area contributed by atoms with E-state index in [9.17, 15) is 18.7 Å². The number of aliphatic hydroxyl groups excluding tert-OH is 2. The van der Waals surface area contributed by atoms with Gasteiger partial charge in [-0.2, -0.15) is 0 Å². The predicted molar refractivity (Wildman–Crippen MR) is 147 cm³/mol. The number of rotatable bonds is 12. The number of carbonyl (C=O) groups excluding carboxylic acids is 1. The summed E-state index contributed by atoms with van der Waals surface area (Å²) in [6, 6.07) is 11.5. The molecule has 0 aliphatic heterocycles. The third-order valence-corrected chi connectivity index (χ3v) is 7.27. The molecule has 3 rings (SSSR count). The number of halogens is 2. The summed E-state index contributed by atoms with van der Waals surface area (Å²) < 4.78 is 27.6. The van der Waals surface area contributed by atoms with Crippen molar-refractivity contribution in [2.45, 2.75) is 63.5 Å². The zero-order chi connectivity index (χ0) is 28.6. The Kier molecular flexibility index (Phi) is 10.6. The van der Waals surface area contributed by atoms with Crippen LogP contribution in [0, 0.1) is 17.6 Å². The standard InChI is InChI=1S/C30H41F2N3O4/c1-29(2,3)21-6-5-7-22(17-21)30(10-8-25(9-11-30)35-39-13-12-36)34-19-27(37)26(28(38)33-4)16-20-14-23(31)18-24(32)15-20/h5-8,14-15,17-18,26-27,34-37H,9-13,16,19H2,1-4H3,(H,33,38). The van der Waals surface area contributed by atoms with E-state index in [4.69, 9.17) is 9.94 Å². The van der Waals surface area contributed by atoms with Gasteiger partial charge in [0.2, 0.25) is 5.91 Å². The van der Waals surface area contributed by atoms with Crippen molar-refractivity contribution in [2.75, 3.05) is 26.8 Å². The van der Waals surface area contributed by atoms with E-state index in [0.717, 1.165) is 17.3 Å². The summed E-state index contributed by atoms with van der Waals surface area (Å²) in [6.07, 6.45) is 2.85. The van der Waals surface area contributed by atoms with Crippen LogP contribution in [0.1, 0.15) is 56.7 Å². The fourth-order valence-electron chi connectivity index (χ4n) is 4.95. The van der Waals surface area contributed by atoms with Crippen molar-refractivity contribution >= 4 is 5.91 Å². The molecule has 2 aromatic carbocycles. The third-order valence-electron chi connectivity index (χ3n) is 7.27. The lowest BCUT2D eigenvalue weighted by Crippen LogP contribution is -2.50. The van der Waals surface area contributed by atoms with Crippen LogP contribution in [0.5, 0.6) is 0 Å². The molecule has 0 spiro atoms. The molecule has 1 amide bonds. The Morgan fingerprint density at radius 2 is 1.87 bits per heavy atom. The van der Waals surface area contributed by atoms with Gasteiger partial charge in [0.25, 0.3) is 0 Å². The van der Waals surface area contributed by atoms with Gasteiger partial charge < -0.3 is 20.8 Å². The zero-order valence-corrected chi connectivity index (χ0v) is 23.2. The van der Waals surface area contributed by atoms with Crippen LogP contribution >= 0.6 is 0 Å². The Morgan fingerprint density at radius 1 is 1.15 bits per heavy atom. The molecule has 39 heavy (non-hydrogen) atoms. The highest BCUT2D eigenvalue weighted by Crippen LogP contribution is 2.38. The molecule has 2 aromatic rings. The van der Waals surface area contributed by atoms with E-state index in [0.29, 0.717) is 24.8 Å². The van der Waals surface area contributed by atoms with E-state index in [-0.39, 0.29) is 31.6 Å². The quantitative estimate of drug-likeness (QED) is 0.206. The summed E-state index contributed by atoms with van der Waals surface area (Å²) in [7, 11) is 1.47. The number of nitrogens with one attached hydrogen (secondary N) is 3. The molecule has 0 radical (unpaired) electrons. The lowest BCUT2D eigenvalue weighted by atomic mass is 9.76. The third kappa shape index (κ3) is 8.32. The van der Waals surface area contributed by atoms with Crippen LogP contribution in [0.3, 0.4) is 0 Å². The number of aliphatic hydroxyl groups is 2. The second kappa shape index (κ2) is 13.5. The highest BCUT2D eigenvalue weighted by atomic mass is 19.1. The van der Waals surface area contributed by atoms with Crippen molar-refractivity contribution in [3.8, 4) is 0 Å². The highest BCUT2D eigenvalue weighted by Gasteiger charge is 2.36. The SMILES string of the molecule is CNC(=O)C(Cc1cc(F)cc(F)c1)C(O)CNC1(c2cccc(C(C)(C)C)c2)CC=C(NOCCO)CC1. The van der Waals surface area contributed by atoms with E-state index in [1.165, 1.54) is 24.7 Å². The van der Waals surface area contributed by atoms with Gasteiger partial charge in [-0.1, -0.05) is 51.1 Å². The molecule has 3 atom stereocenters. The normalized spacial score (nSPS) is 19.2. The first-order valence-corrected chi connectivity index (χ1v) is 13.4. The predicted octanol–water partition coefficient (Wildman–Crippen LogP) is 3.59. The lowest BCUT2D eigenvalue weighted by Gasteiger charge is -2.40. The van der Waals surface area contributed by atoms with Gasteiger partial charge in [-0.05, 0) is 59.9 Å². The van der Waals surface area contributed by atoms with Crippen LogP contribution in [-0.4, -0.2) is 49.0 Å². The van der Waals surface area contributed by atoms with Crippen LogP contribution in [0.2, 0.25) is 0 Å². The smallest absolute Gasteiger partial charge is 0.225 e. The summed E-state index contributed by atoms with van der Waals surface area (Å²) in [4.78, 5) is 18.0. The lowest BCUT2D eigenvalue weighted by molar-refractivity contribution is -0.128. The molecule has 1 aliphatic rings. The number of amides is 1. The van der Waals surface area contributed by atoms with E-state index in [1.54, 1.807) is 0 Å². The second-order valence-corrected chi connectivity index (χ2v) is 11.2. The highest BCUT2D eigenvalue weighted by molar-refractivity contribution is 5.79. The maximum Gasteiger partial charge on any atom is 0.225 e. The van der Waals surface area contributed by atoms with Gasteiger partial charge in [0, 0.05) is 30.9 Å². The Bertz CT molecular complexity index is 1130. The molecule has 0 fully saturated rings. The molecule has 3 unspecified atom stereocenters. The van der Waals surface area contributed by atoms with Crippen LogP contribution in [0.25, 0.3) is 0 Å². The number of hydrogen-bond acceptors (Lipinski definition) is 6. The van der Waals surface area contributed by atoms with Crippen molar-refractivity contribution in [1.82, 2.24) is 16.1 Å². The fourth-order valence-corrected chi connectivity index (χ4v) is 4.95. The summed E-state index contributed by atoms with van der Waals surface area (Å²) in [6.45, 7) is 6.64. The molecule has 1 aliphatic carbocycles. The monoisotopic (exact) mass is 545 g/mol. The van der Waals surface area contributed by atoms with Crippen LogP contribution in [0.4, 0.5) is 8.78 Å². The Labute approximate surface area is 229 Å². The van der Waals surface area contributed by atoms with Crippen LogP contribution < -0.4 is 16.1 Å². The van der Waals surface area contributed by atoms with Gasteiger partial charge in [-0.3, -0.25) is 15.1 Å². The first kappa shape index (κ1) is 30.7. The number of benzene rings is 2. The summed E-state index contributed by atoms with van der Waals surface area (Å²) in [5.41, 5.74) is 5.77. The molecule has 0 saturated carbocycles. The summed E-state index contributed by atoms with van der Waals surface area (Å²) in [5.74, 6) is -2.78. The van der Waals surface area contributed by atoms with Crippen molar-refractivity contribution in [2.24, 2.45) is 5.92 Å². The van der Waals surface area contributed by atoms with Crippen molar-refractivity contribution in [3.05, 3.63) is 82.6 Å². The fraction of sp³-hybridized carbons (Fsp3) is 0.500. The molecule has 0 aromatic heterocycles. The Hall–Kier alpha value is -2.85. The molecule has 0 bridgehead atoms. The molecule has 9 heteroatoms. The topological polar surface area (TPSA) is 103 Å². The maximum absolute atomic E-state index is 13.8. The maximum atomic E-state index is 13.8. The van der Waals surface area contributed by atoms with E-state index >= 15 is 0 Å². The van der Waals surface area contributed by atoms with Gasteiger partial charge in [-0.25, -0.2) is 8.78 Å². The zero-order valence-electron chi connectivity index (χ0n) is 23.2. The molecule has 0 saturated heterocycles. The first-order chi connectivity index (χ1) is 18.5. The minimum Gasteiger partial charge on any atom is -0.394 e.